The minimum absolute atomic E-state index is 0.0108. The molecule has 8 heteroatoms. The van der Waals surface area contributed by atoms with Gasteiger partial charge in [-0.05, 0) is 53.4 Å². The van der Waals surface area contributed by atoms with Crippen molar-refractivity contribution in [2.45, 2.75) is 37.3 Å². The van der Waals surface area contributed by atoms with Gasteiger partial charge in [-0.25, -0.2) is 9.59 Å². The Bertz CT molecular complexity index is 1140. The molecular weight excluding hydrogens is 464 g/mol. The van der Waals surface area contributed by atoms with Gasteiger partial charge in [-0.3, -0.25) is 4.79 Å². The van der Waals surface area contributed by atoms with E-state index in [0.717, 1.165) is 12.8 Å². The normalized spacial score (nSPS) is 28.6. The van der Waals surface area contributed by atoms with Crippen LogP contribution in [-0.4, -0.2) is 58.3 Å². The minimum Gasteiger partial charge on any atom is -0.480 e. The molecule has 4 aliphatic rings. The fourth-order valence-electron chi connectivity index (χ4n) is 6.48. The molecule has 35 heavy (non-hydrogen) atoms. The molecule has 1 saturated heterocycles. The summed E-state index contributed by atoms with van der Waals surface area (Å²) in [6.07, 6.45) is 1.91. The molecule has 2 amide bonds. The quantitative estimate of drug-likeness (QED) is 0.657. The molecule has 7 nitrogen and oxygen atoms in total. The number of hydrogen-bond acceptors (Lipinski definition) is 5. The van der Waals surface area contributed by atoms with Crippen molar-refractivity contribution >= 4 is 29.7 Å². The molecule has 1 aliphatic heterocycles. The predicted octanol–water partition coefficient (Wildman–Crippen LogP) is 3.93. The number of carboxylic acid groups (broad SMARTS) is 1. The lowest BCUT2D eigenvalue weighted by Gasteiger charge is -2.40. The summed E-state index contributed by atoms with van der Waals surface area (Å²) in [5, 5.41) is 12.4. The second kappa shape index (κ2) is 8.90. The number of alkyl carbamates (subject to hydrolysis) is 1. The first kappa shape index (κ1) is 22.5. The number of aliphatic carboxylic acids is 1. The largest absolute Gasteiger partial charge is 0.480 e. The van der Waals surface area contributed by atoms with Crippen molar-refractivity contribution in [3.63, 3.8) is 0 Å². The zero-order valence-corrected chi connectivity index (χ0v) is 20.1. The van der Waals surface area contributed by atoms with E-state index in [-0.39, 0.29) is 36.3 Å². The highest BCUT2D eigenvalue weighted by Crippen LogP contribution is 2.50. The first-order valence-corrected chi connectivity index (χ1v) is 13.4. The molecular formula is C27H28N2O5S. The third-order valence-electron chi connectivity index (χ3n) is 8.27. The summed E-state index contributed by atoms with van der Waals surface area (Å²) in [6.45, 7) is 0.283. The van der Waals surface area contributed by atoms with E-state index in [9.17, 15) is 19.5 Å². The summed E-state index contributed by atoms with van der Waals surface area (Å²) in [7, 11) is 0. The van der Waals surface area contributed by atoms with E-state index in [0.29, 0.717) is 24.0 Å². The summed E-state index contributed by atoms with van der Waals surface area (Å²) in [5.41, 5.74) is 4.76. The second-order valence-corrected chi connectivity index (χ2v) is 11.1. The molecule has 2 unspecified atom stereocenters. The van der Waals surface area contributed by atoms with Gasteiger partial charge in [0, 0.05) is 23.6 Å². The highest BCUT2D eigenvalue weighted by molar-refractivity contribution is 7.99. The summed E-state index contributed by atoms with van der Waals surface area (Å²) in [6, 6.07) is 15.8. The molecule has 182 valence electrons. The van der Waals surface area contributed by atoms with E-state index in [1.165, 1.54) is 38.9 Å². The first-order chi connectivity index (χ1) is 17.0. The Balaban J connectivity index is 1.04. The molecule has 3 fully saturated rings. The Kier molecular flexibility index (Phi) is 5.71. The maximum atomic E-state index is 13.0. The van der Waals surface area contributed by atoms with Gasteiger partial charge in [0.1, 0.15) is 12.6 Å². The van der Waals surface area contributed by atoms with Crippen LogP contribution in [0.4, 0.5) is 4.79 Å². The number of fused-ring (bicyclic) bond motifs is 4. The smallest absolute Gasteiger partial charge is 0.407 e. The van der Waals surface area contributed by atoms with Crippen molar-refractivity contribution in [1.82, 2.24) is 10.2 Å². The fourth-order valence-corrected chi connectivity index (χ4v) is 7.64. The van der Waals surface area contributed by atoms with Crippen molar-refractivity contribution in [3.05, 3.63) is 59.7 Å². The highest BCUT2D eigenvalue weighted by Gasteiger charge is 2.51. The zero-order valence-electron chi connectivity index (χ0n) is 19.3. The lowest BCUT2D eigenvalue weighted by Crippen LogP contribution is -2.50. The van der Waals surface area contributed by atoms with Gasteiger partial charge in [0.15, 0.2) is 0 Å². The van der Waals surface area contributed by atoms with Gasteiger partial charge >= 0.3 is 12.1 Å². The summed E-state index contributed by atoms with van der Waals surface area (Å²) < 4.78 is 5.70. The van der Waals surface area contributed by atoms with Gasteiger partial charge in [-0.15, -0.1) is 11.8 Å². The number of thioether (sulfide) groups is 1. The molecule has 2 aromatic carbocycles. The van der Waals surface area contributed by atoms with Crippen LogP contribution in [0.5, 0.6) is 0 Å². The summed E-state index contributed by atoms with van der Waals surface area (Å²) in [4.78, 5) is 38.7. The number of carbonyl (C=O) groups excluding carboxylic acids is 2. The van der Waals surface area contributed by atoms with Crippen molar-refractivity contribution in [2.75, 3.05) is 18.2 Å². The van der Waals surface area contributed by atoms with Crippen LogP contribution in [0, 0.1) is 17.8 Å². The maximum Gasteiger partial charge on any atom is 0.407 e. The van der Waals surface area contributed by atoms with E-state index in [4.69, 9.17) is 4.74 Å². The SMILES string of the molecule is O=C(N[C@H]1C[C@H]2CC(C(=O)N3CSCC3C(=O)O)C[C@H]21)OCC1c2ccccc2-c2ccccc21. The van der Waals surface area contributed by atoms with E-state index in [2.05, 4.69) is 29.6 Å². The molecule has 0 aromatic heterocycles. The van der Waals surface area contributed by atoms with Gasteiger partial charge in [-0.2, -0.15) is 0 Å². The Labute approximate surface area is 208 Å². The second-order valence-electron chi connectivity index (χ2n) is 10.1. The van der Waals surface area contributed by atoms with Gasteiger partial charge in [0.05, 0.1) is 5.88 Å². The number of hydrogen-bond donors (Lipinski definition) is 2. The molecule has 6 rings (SSSR count). The predicted molar refractivity (Wildman–Crippen MR) is 132 cm³/mol. The molecule has 2 aromatic rings. The van der Waals surface area contributed by atoms with Crippen LogP contribution in [0.3, 0.4) is 0 Å². The third kappa shape index (κ3) is 3.88. The third-order valence-corrected chi connectivity index (χ3v) is 9.28. The number of nitrogens with one attached hydrogen (secondary N) is 1. The number of ether oxygens (including phenoxy) is 1. The summed E-state index contributed by atoms with van der Waals surface area (Å²) >= 11 is 1.49. The molecule has 2 N–H and O–H groups in total. The Morgan fingerprint density at radius 3 is 2.37 bits per heavy atom. The van der Waals surface area contributed by atoms with Crippen LogP contribution in [0.2, 0.25) is 0 Å². The van der Waals surface area contributed by atoms with Gasteiger partial charge < -0.3 is 20.1 Å². The Morgan fingerprint density at radius 2 is 1.69 bits per heavy atom. The number of nitrogens with zero attached hydrogens (tertiary/aromatic N) is 1. The number of benzene rings is 2. The minimum atomic E-state index is -0.931. The van der Waals surface area contributed by atoms with E-state index in [1.807, 2.05) is 24.3 Å². The van der Waals surface area contributed by atoms with E-state index < -0.39 is 18.1 Å². The van der Waals surface area contributed by atoms with Crippen LogP contribution < -0.4 is 5.32 Å². The van der Waals surface area contributed by atoms with Gasteiger partial charge in [0.2, 0.25) is 5.91 Å². The van der Waals surface area contributed by atoms with Crippen LogP contribution in [0.25, 0.3) is 11.1 Å². The average Bonchev–Trinajstić information content (AvgIpc) is 3.56. The average molecular weight is 493 g/mol. The standard InChI is InChI=1S/C27H28N2O5S/c30-25(29-14-35-13-24(29)26(31)32)16-9-15-11-23(21(15)10-16)28-27(33)34-12-22-19-7-3-1-5-17(19)18-6-2-4-8-20(18)22/h1-8,15-16,21-24H,9-14H2,(H,28,33)(H,31,32)/t15-,16?,21-,23+,24?/m1/s1. The number of amides is 2. The van der Waals surface area contributed by atoms with Crippen LogP contribution >= 0.6 is 11.8 Å². The van der Waals surface area contributed by atoms with Gasteiger partial charge in [0.25, 0.3) is 0 Å². The van der Waals surface area contributed by atoms with Crippen LogP contribution in [0.1, 0.15) is 36.3 Å². The van der Waals surface area contributed by atoms with Crippen molar-refractivity contribution in [3.8, 4) is 11.1 Å². The molecule has 2 saturated carbocycles. The highest BCUT2D eigenvalue weighted by atomic mass is 32.2. The van der Waals surface area contributed by atoms with Gasteiger partial charge in [-0.1, -0.05) is 48.5 Å². The van der Waals surface area contributed by atoms with Crippen molar-refractivity contribution in [2.24, 2.45) is 17.8 Å². The monoisotopic (exact) mass is 492 g/mol. The van der Waals surface area contributed by atoms with Crippen LogP contribution in [0.15, 0.2) is 48.5 Å². The molecule has 0 radical (unpaired) electrons. The Hall–Kier alpha value is -3.00. The van der Waals surface area contributed by atoms with E-state index in [1.54, 1.807) is 0 Å². The number of carboxylic acids is 1. The van der Waals surface area contributed by atoms with E-state index >= 15 is 0 Å². The molecule has 1 heterocycles. The molecule has 0 bridgehead atoms. The maximum absolute atomic E-state index is 13.0. The zero-order chi connectivity index (χ0) is 24.1. The molecule has 0 spiro atoms. The lowest BCUT2D eigenvalue weighted by molar-refractivity contribution is -0.149. The topological polar surface area (TPSA) is 95.9 Å². The number of rotatable bonds is 5. The van der Waals surface area contributed by atoms with Crippen LogP contribution in [-0.2, 0) is 14.3 Å². The van der Waals surface area contributed by atoms with Crippen molar-refractivity contribution < 1.29 is 24.2 Å². The first-order valence-electron chi connectivity index (χ1n) is 12.2. The van der Waals surface area contributed by atoms with Crippen molar-refractivity contribution in [1.29, 1.82) is 0 Å². The Morgan fingerprint density at radius 1 is 1.00 bits per heavy atom. The lowest BCUT2D eigenvalue weighted by atomic mass is 9.71. The fraction of sp³-hybridized carbons (Fsp3) is 0.444. The molecule has 3 aliphatic carbocycles. The summed E-state index contributed by atoms with van der Waals surface area (Å²) in [5.74, 6) is 0.451. The number of carbonyl (C=O) groups is 3. The molecule has 5 atom stereocenters.